The molecule has 0 unspecified atom stereocenters. The van der Waals surface area contributed by atoms with E-state index in [1.165, 1.54) is 12.1 Å². The Kier molecular flexibility index (Phi) is 9.36. The SMILES string of the molecule is CCOC(=O)c1cc(/C(=C/c2ccccc2)c2ccccc2)n(-c2ccc(S(=O)(=O)NC(=O)NC3CCCCC3)cc2)n1. The van der Waals surface area contributed by atoms with Gasteiger partial charge in [0.15, 0.2) is 5.69 Å². The molecule has 2 amide bonds. The number of carbonyl (C=O) groups is 2. The first-order valence-corrected chi connectivity index (χ1v) is 15.9. The zero-order valence-corrected chi connectivity index (χ0v) is 24.7. The summed E-state index contributed by atoms with van der Waals surface area (Å²) in [6.07, 6.45) is 6.83. The molecular formula is C33H34N4O5S. The predicted molar refractivity (Wildman–Crippen MR) is 165 cm³/mol. The first kappa shape index (κ1) is 29.8. The number of aromatic nitrogens is 2. The van der Waals surface area contributed by atoms with Crippen molar-refractivity contribution in [3.8, 4) is 5.69 Å². The second-order valence-corrected chi connectivity index (χ2v) is 12.0. The number of benzene rings is 3. The van der Waals surface area contributed by atoms with Gasteiger partial charge in [0.05, 0.1) is 22.9 Å². The maximum absolute atomic E-state index is 13.0. The summed E-state index contributed by atoms with van der Waals surface area (Å²) < 4.78 is 34.9. The van der Waals surface area contributed by atoms with E-state index in [1.54, 1.807) is 29.8 Å². The van der Waals surface area contributed by atoms with Gasteiger partial charge in [0.1, 0.15) is 0 Å². The maximum atomic E-state index is 13.0. The molecule has 0 spiro atoms. The standard InChI is InChI=1S/C33H34N4O5S/c1-2-42-32(38)30-23-31(29(25-14-8-4-9-15-25)22-24-12-6-3-7-13-24)37(35-30)27-18-20-28(21-19-27)43(40,41)36-33(39)34-26-16-10-5-11-17-26/h3-4,6-9,12-15,18-23,26H,2,5,10-11,16-17H2,1H3,(H2,34,36,39)/b29-22+. The van der Waals surface area contributed by atoms with Gasteiger partial charge in [-0.05, 0) is 67.3 Å². The van der Waals surface area contributed by atoms with Crippen LogP contribution in [0.15, 0.2) is 95.9 Å². The molecule has 43 heavy (non-hydrogen) atoms. The van der Waals surface area contributed by atoms with Crippen LogP contribution in [0, 0.1) is 0 Å². The van der Waals surface area contributed by atoms with Crippen LogP contribution in [-0.4, -0.2) is 42.8 Å². The van der Waals surface area contributed by atoms with Gasteiger partial charge in [0.2, 0.25) is 0 Å². The molecular weight excluding hydrogens is 564 g/mol. The summed E-state index contributed by atoms with van der Waals surface area (Å²) in [7, 11) is -4.11. The topological polar surface area (TPSA) is 119 Å². The van der Waals surface area contributed by atoms with Gasteiger partial charge >= 0.3 is 12.0 Å². The van der Waals surface area contributed by atoms with Crippen molar-refractivity contribution in [2.24, 2.45) is 0 Å². The van der Waals surface area contributed by atoms with Crippen molar-refractivity contribution in [3.05, 3.63) is 114 Å². The molecule has 1 saturated carbocycles. The molecule has 1 aromatic heterocycles. The van der Waals surface area contributed by atoms with Gasteiger partial charge in [-0.3, -0.25) is 0 Å². The maximum Gasteiger partial charge on any atom is 0.358 e. The Morgan fingerprint density at radius 1 is 0.930 bits per heavy atom. The molecule has 9 nitrogen and oxygen atoms in total. The molecule has 3 aromatic carbocycles. The van der Waals surface area contributed by atoms with E-state index in [-0.39, 0.29) is 23.2 Å². The quantitative estimate of drug-likeness (QED) is 0.181. The number of nitrogens with one attached hydrogen (secondary N) is 2. The van der Waals surface area contributed by atoms with Gasteiger partial charge in [-0.1, -0.05) is 79.9 Å². The largest absolute Gasteiger partial charge is 0.461 e. The normalized spacial score (nSPS) is 14.2. The molecule has 4 aromatic rings. The lowest BCUT2D eigenvalue weighted by Gasteiger charge is -2.22. The van der Waals surface area contributed by atoms with Crippen LogP contribution >= 0.6 is 0 Å². The van der Waals surface area contributed by atoms with E-state index in [4.69, 9.17) is 4.74 Å². The number of amides is 2. The van der Waals surface area contributed by atoms with Crippen molar-refractivity contribution < 1.29 is 22.7 Å². The molecule has 0 saturated heterocycles. The number of nitrogens with zero attached hydrogens (tertiary/aromatic N) is 2. The van der Waals surface area contributed by atoms with Crippen LogP contribution in [0.5, 0.6) is 0 Å². The van der Waals surface area contributed by atoms with Gasteiger partial charge in [0, 0.05) is 11.6 Å². The van der Waals surface area contributed by atoms with Crippen molar-refractivity contribution in [1.82, 2.24) is 19.8 Å². The van der Waals surface area contributed by atoms with Crippen LogP contribution in [0.3, 0.4) is 0 Å². The van der Waals surface area contributed by atoms with Crippen LogP contribution in [0.2, 0.25) is 0 Å². The van der Waals surface area contributed by atoms with Crippen LogP contribution in [0.4, 0.5) is 4.79 Å². The zero-order chi connectivity index (χ0) is 30.2. The Balaban J connectivity index is 1.50. The highest BCUT2D eigenvalue weighted by Crippen LogP contribution is 2.29. The number of urea groups is 1. The molecule has 222 valence electrons. The van der Waals surface area contributed by atoms with E-state index < -0.39 is 22.0 Å². The summed E-state index contributed by atoms with van der Waals surface area (Å²) >= 11 is 0. The van der Waals surface area contributed by atoms with Crippen molar-refractivity contribution in [1.29, 1.82) is 0 Å². The van der Waals surface area contributed by atoms with E-state index in [9.17, 15) is 18.0 Å². The molecule has 2 N–H and O–H groups in total. The van der Waals surface area contributed by atoms with Gasteiger partial charge in [-0.25, -0.2) is 27.4 Å². The van der Waals surface area contributed by atoms with E-state index >= 15 is 0 Å². The molecule has 5 rings (SSSR count). The summed E-state index contributed by atoms with van der Waals surface area (Å²) in [5.74, 6) is -0.568. The van der Waals surface area contributed by atoms with Crippen molar-refractivity contribution in [2.75, 3.05) is 6.61 Å². The lowest BCUT2D eigenvalue weighted by Crippen LogP contribution is -2.45. The van der Waals surface area contributed by atoms with Gasteiger partial charge in [-0.2, -0.15) is 5.10 Å². The number of ether oxygens (including phenoxy) is 1. The van der Waals surface area contributed by atoms with Gasteiger partial charge in [0.25, 0.3) is 10.0 Å². The summed E-state index contributed by atoms with van der Waals surface area (Å²) in [6, 6.07) is 26.4. The highest BCUT2D eigenvalue weighted by atomic mass is 32.2. The molecule has 0 radical (unpaired) electrons. The fraction of sp³-hybridized carbons (Fsp3) is 0.242. The predicted octanol–water partition coefficient (Wildman–Crippen LogP) is 5.96. The minimum Gasteiger partial charge on any atom is -0.461 e. The Bertz CT molecular complexity index is 1690. The van der Waals surface area contributed by atoms with Crippen LogP contribution in [-0.2, 0) is 14.8 Å². The van der Waals surface area contributed by atoms with Crippen LogP contribution in [0.1, 0.15) is 66.3 Å². The van der Waals surface area contributed by atoms with Crippen molar-refractivity contribution in [2.45, 2.75) is 50.0 Å². The summed E-state index contributed by atoms with van der Waals surface area (Å²) in [6.45, 7) is 1.92. The smallest absolute Gasteiger partial charge is 0.358 e. The Morgan fingerprint density at radius 2 is 1.58 bits per heavy atom. The van der Waals surface area contributed by atoms with E-state index in [1.807, 2.05) is 66.7 Å². The second kappa shape index (κ2) is 13.5. The lowest BCUT2D eigenvalue weighted by atomic mass is 9.96. The number of rotatable bonds is 9. The van der Waals surface area contributed by atoms with E-state index in [2.05, 4.69) is 15.1 Å². The highest BCUT2D eigenvalue weighted by molar-refractivity contribution is 7.90. The Morgan fingerprint density at radius 3 is 2.23 bits per heavy atom. The molecule has 10 heteroatoms. The fourth-order valence-electron chi connectivity index (χ4n) is 5.12. The minimum absolute atomic E-state index is 0.0269. The molecule has 1 aliphatic rings. The third-order valence-electron chi connectivity index (χ3n) is 7.22. The van der Waals surface area contributed by atoms with Crippen LogP contribution in [0.25, 0.3) is 17.3 Å². The lowest BCUT2D eigenvalue weighted by molar-refractivity contribution is 0.0519. The first-order valence-electron chi connectivity index (χ1n) is 14.4. The highest BCUT2D eigenvalue weighted by Gasteiger charge is 2.23. The Hall–Kier alpha value is -4.70. The monoisotopic (exact) mass is 598 g/mol. The minimum atomic E-state index is -4.11. The second-order valence-electron chi connectivity index (χ2n) is 10.3. The fourth-order valence-corrected chi connectivity index (χ4v) is 6.04. The van der Waals surface area contributed by atoms with Gasteiger partial charge < -0.3 is 10.1 Å². The molecule has 0 aliphatic heterocycles. The average molecular weight is 599 g/mol. The molecule has 0 atom stereocenters. The van der Waals surface area contributed by atoms with Crippen molar-refractivity contribution >= 4 is 33.7 Å². The third kappa shape index (κ3) is 7.39. The third-order valence-corrected chi connectivity index (χ3v) is 8.57. The summed E-state index contributed by atoms with van der Waals surface area (Å²) in [4.78, 5) is 25.1. The van der Waals surface area contributed by atoms with Crippen LogP contribution < -0.4 is 10.0 Å². The number of carbonyl (C=O) groups excluding carboxylic acids is 2. The average Bonchev–Trinajstić information content (AvgIpc) is 3.47. The Labute approximate surface area is 251 Å². The summed E-state index contributed by atoms with van der Waals surface area (Å²) in [5, 5.41) is 7.33. The number of hydrogen-bond acceptors (Lipinski definition) is 6. The molecule has 0 bridgehead atoms. The van der Waals surface area contributed by atoms with E-state index in [0.717, 1.165) is 48.8 Å². The van der Waals surface area contributed by atoms with Crippen molar-refractivity contribution in [3.63, 3.8) is 0 Å². The first-order chi connectivity index (χ1) is 20.8. The molecule has 1 heterocycles. The number of sulfonamides is 1. The molecule has 1 aliphatic carbocycles. The van der Waals surface area contributed by atoms with E-state index in [0.29, 0.717) is 11.4 Å². The van der Waals surface area contributed by atoms with Gasteiger partial charge in [-0.15, -0.1) is 0 Å². The summed E-state index contributed by atoms with van der Waals surface area (Å²) in [5.41, 5.74) is 3.89. The number of esters is 1. The zero-order valence-electron chi connectivity index (χ0n) is 23.9. The molecule has 1 fully saturated rings. The number of hydrogen-bond donors (Lipinski definition) is 2.